The molecule has 2 fully saturated rings. The first-order valence-corrected chi connectivity index (χ1v) is 7.31. The molecule has 2 unspecified atom stereocenters. The molecule has 0 heterocycles. The minimum Gasteiger partial charge on any atom is -0.328 e. The fourth-order valence-electron chi connectivity index (χ4n) is 3.31. The maximum absolute atomic E-state index is 5.95. The molecule has 3 N–H and O–H groups in total. The Morgan fingerprint density at radius 3 is 2.56 bits per heavy atom. The van der Waals surface area contributed by atoms with Gasteiger partial charge < -0.3 is 11.1 Å². The Bertz CT molecular complexity index is 407. The maximum atomic E-state index is 5.95. The molecule has 2 heteroatoms. The van der Waals surface area contributed by atoms with Gasteiger partial charge in [0.1, 0.15) is 0 Å². The van der Waals surface area contributed by atoms with E-state index in [4.69, 9.17) is 5.73 Å². The SMILES string of the molecule is Cc1ccccc1C1CC1NC1CCC(N)CC1. The topological polar surface area (TPSA) is 38.0 Å². The van der Waals surface area contributed by atoms with Gasteiger partial charge in [-0.1, -0.05) is 24.3 Å². The quantitative estimate of drug-likeness (QED) is 0.858. The van der Waals surface area contributed by atoms with Crippen molar-refractivity contribution in [2.45, 2.75) is 63.1 Å². The van der Waals surface area contributed by atoms with E-state index in [1.807, 2.05) is 0 Å². The minimum atomic E-state index is 0.453. The molecule has 98 valence electrons. The molecule has 0 aliphatic heterocycles. The smallest absolute Gasteiger partial charge is 0.0145 e. The van der Waals surface area contributed by atoms with Crippen molar-refractivity contribution in [3.05, 3.63) is 35.4 Å². The fraction of sp³-hybridized carbons (Fsp3) is 0.625. The lowest BCUT2D eigenvalue weighted by Crippen LogP contribution is -2.38. The van der Waals surface area contributed by atoms with Gasteiger partial charge in [0.25, 0.3) is 0 Å². The number of hydrogen-bond acceptors (Lipinski definition) is 2. The summed E-state index contributed by atoms with van der Waals surface area (Å²) in [7, 11) is 0. The standard InChI is InChI=1S/C16H24N2/c1-11-4-2-3-5-14(11)15-10-16(15)18-13-8-6-12(17)7-9-13/h2-5,12-13,15-16,18H,6-10,17H2,1H3. The zero-order chi connectivity index (χ0) is 12.5. The largest absolute Gasteiger partial charge is 0.328 e. The highest BCUT2D eigenvalue weighted by atomic mass is 15.0. The molecule has 0 aromatic heterocycles. The van der Waals surface area contributed by atoms with E-state index in [1.165, 1.54) is 37.7 Å². The molecule has 0 bridgehead atoms. The average Bonchev–Trinajstić information content (AvgIpc) is 3.12. The number of nitrogens with one attached hydrogen (secondary N) is 1. The van der Waals surface area contributed by atoms with E-state index in [0.717, 1.165) is 5.92 Å². The molecular weight excluding hydrogens is 220 g/mol. The van der Waals surface area contributed by atoms with Gasteiger partial charge in [0.15, 0.2) is 0 Å². The summed E-state index contributed by atoms with van der Waals surface area (Å²) in [6.07, 6.45) is 6.22. The van der Waals surface area contributed by atoms with Gasteiger partial charge in [-0.2, -0.15) is 0 Å². The van der Waals surface area contributed by atoms with Crippen molar-refractivity contribution in [2.75, 3.05) is 0 Å². The Balaban J connectivity index is 1.54. The number of aryl methyl sites for hydroxylation is 1. The molecule has 18 heavy (non-hydrogen) atoms. The molecule has 0 radical (unpaired) electrons. The van der Waals surface area contributed by atoms with E-state index in [1.54, 1.807) is 5.56 Å². The summed E-state index contributed by atoms with van der Waals surface area (Å²) in [6.45, 7) is 2.23. The van der Waals surface area contributed by atoms with Gasteiger partial charge >= 0.3 is 0 Å². The molecule has 2 nitrogen and oxygen atoms in total. The lowest BCUT2D eigenvalue weighted by atomic mass is 9.91. The third kappa shape index (κ3) is 2.60. The Labute approximate surface area is 110 Å². The molecular formula is C16H24N2. The second-order valence-electron chi connectivity index (χ2n) is 6.08. The van der Waals surface area contributed by atoms with E-state index in [9.17, 15) is 0 Å². The summed E-state index contributed by atoms with van der Waals surface area (Å²) in [5, 5.41) is 3.83. The van der Waals surface area contributed by atoms with Gasteiger partial charge in [-0.3, -0.25) is 0 Å². The Morgan fingerprint density at radius 1 is 1.11 bits per heavy atom. The molecule has 2 atom stereocenters. The Morgan fingerprint density at radius 2 is 1.83 bits per heavy atom. The molecule has 2 saturated carbocycles. The van der Waals surface area contributed by atoms with Crippen molar-refractivity contribution in [1.29, 1.82) is 0 Å². The van der Waals surface area contributed by atoms with E-state index in [-0.39, 0.29) is 0 Å². The lowest BCUT2D eigenvalue weighted by Gasteiger charge is -2.27. The fourth-order valence-corrected chi connectivity index (χ4v) is 3.31. The Hall–Kier alpha value is -0.860. The summed E-state index contributed by atoms with van der Waals surface area (Å²) in [6, 6.07) is 10.7. The summed E-state index contributed by atoms with van der Waals surface area (Å²) in [4.78, 5) is 0. The highest BCUT2D eigenvalue weighted by Gasteiger charge is 2.40. The van der Waals surface area contributed by atoms with Gasteiger partial charge in [-0.05, 0) is 50.2 Å². The molecule has 1 aromatic carbocycles. The summed E-state index contributed by atoms with van der Waals surface area (Å²) in [5.74, 6) is 0.752. The monoisotopic (exact) mass is 244 g/mol. The summed E-state index contributed by atoms with van der Waals surface area (Å²) in [5.41, 5.74) is 8.94. The first-order valence-electron chi connectivity index (χ1n) is 7.31. The van der Waals surface area contributed by atoms with Crippen LogP contribution in [0, 0.1) is 6.92 Å². The van der Waals surface area contributed by atoms with Crippen molar-refractivity contribution in [3.8, 4) is 0 Å². The molecule has 0 amide bonds. The van der Waals surface area contributed by atoms with E-state index >= 15 is 0 Å². The zero-order valence-electron chi connectivity index (χ0n) is 11.2. The number of nitrogens with two attached hydrogens (primary N) is 1. The van der Waals surface area contributed by atoms with E-state index in [0.29, 0.717) is 18.1 Å². The van der Waals surface area contributed by atoms with Gasteiger partial charge in [-0.15, -0.1) is 0 Å². The van der Waals surface area contributed by atoms with Crippen LogP contribution < -0.4 is 11.1 Å². The van der Waals surface area contributed by atoms with Crippen LogP contribution in [0.3, 0.4) is 0 Å². The number of hydrogen-bond donors (Lipinski definition) is 2. The van der Waals surface area contributed by atoms with Crippen LogP contribution in [0.2, 0.25) is 0 Å². The zero-order valence-corrected chi connectivity index (χ0v) is 11.2. The molecule has 3 rings (SSSR count). The van der Waals surface area contributed by atoms with Gasteiger partial charge in [0.2, 0.25) is 0 Å². The van der Waals surface area contributed by atoms with Crippen LogP contribution in [0.5, 0.6) is 0 Å². The van der Waals surface area contributed by atoms with Crippen molar-refractivity contribution in [1.82, 2.24) is 5.32 Å². The van der Waals surface area contributed by atoms with Crippen molar-refractivity contribution in [3.63, 3.8) is 0 Å². The summed E-state index contributed by atoms with van der Waals surface area (Å²) >= 11 is 0. The van der Waals surface area contributed by atoms with Crippen molar-refractivity contribution >= 4 is 0 Å². The molecule has 2 aliphatic rings. The third-order valence-electron chi connectivity index (χ3n) is 4.60. The number of benzene rings is 1. The van der Waals surface area contributed by atoms with Crippen LogP contribution in [-0.4, -0.2) is 18.1 Å². The summed E-state index contributed by atoms with van der Waals surface area (Å²) < 4.78 is 0. The van der Waals surface area contributed by atoms with Gasteiger partial charge in [0.05, 0.1) is 0 Å². The second kappa shape index (κ2) is 5.02. The van der Waals surface area contributed by atoms with E-state index < -0.39 is 0 Å². The van der Waals surface area contributed by atoms with Gasteiger partial charge in [0, 0.05) is 24.0 Å². The highest BCUT2D eigenvalue weighted by molar-refractivity contribution is 5.35. The molecule has 2 aliphatic carbocycles. The molecule has 1 aromatic rings. The first kappa shape index (κ1) is 12.2. The predicted molar refractivity (Wildman–Crippen MR) is 75.7 cm³/mol. The van der Waals surface area contributed by atoms with Crippen LogP contribution >= 0.6 is 0 Å². The van der Waals surface area contributed by atoms with E-state index in [2.05, 4.69) is 36.5 Å². The first-order chi connectivity index (χ1) is 8.74. The average molecular weight is 244 g/mol. The van der Waals surface area contributed by atoms with Crippen molar-refractivity contribution in [2.24, 2.45) is 5.73 Å². The van der Waals surface area contributed by atoms with Crippen LogP contribution in [0.25, 0.3) is 0 Å². The minimum absolute atomic E-state index is 0.453. The maximum Gasteiger partial charge on any atom is 0.0145 e. The predicted octanol–water partition coefficient (Wildman–Crippen LogP) is 2.71. The van der Waals surface area contributed by atoms with Crippen LogP contribution in [-0.2, 0) is 0 Å². The molecule has 0 saturated heterocycles. The lowest BCUT2D eigenvalue weighted by molar-refractivity contribution is 0.339. The second-order valence-corrected chi connectivity index (χ2v) is 6.08. The van der Waals surface area contributed by atoms with Gasteiger partial charge in [-0.25, -0.2) is 0 Å². The third-order valence-corrected chi connectivity index (χ3v) is 4.60. The van der Waals surface area contributed by atoms with Crippen LogP contribution in [0.4, 0.5) is 0 Å². The van der Waals surface area contributed by atoms with Crippen molar-refractivity contribution < 1.29 is 0 Å². The Kier molecular flexibility index (Phi) is 3.40. The number of rotatable bonds is 3. The van der Waals surface area contributed by atoms with Crippen LogP contribution in [0.15, 0.2) is 24.3 Å². The normalized spacial score (nSPS) is 35.4. The van der Waals surface area contributed by atoms with Crippen LogP contribution in [0.1, 0.15) is 49.1 Å². The highest BCUT2D eigenvalue weighted by Crippen LogP contribution is 2.42. The molecule has 0 spiro atoms.